The van der Waals surface area contributed by atoms with E-state index in [1.54, 1.807) is 6.20 Å². The van der Waals surface area contributed by atoms with Gasteiger partial charge in [-0.15, -0.1) is 0 Å². The van der Waals surface area contributed by atoms with Crippen LogP contribution in [0.25, 0.3) is 0 Å². The number of halogens is 2. The van der Waals surface area contributed by atoms with E-state index in [0.717, 1.165) is 30.3 Å². The van der Waals surface area contributed by atoms with Gasteiger partial charge in [-0.25, -0.2) is 8.78 Å². The fourth-order valence-electron chi connectivity index (χ4n) is 1.93. The van der Waals surface area contributed by atoms with E-state index in [9.17, 15) is 8.78 Å². The number of nitrogens with one attached hydrogen (secondary N) is 1. The third-order valence-corrected chi connectivity index (χ3v) is 3.33. The van der Waals surface area contributed by atoms with Gasteiger partial charge in [0.25, 0.3) is 0 Å². The second kappa shape index (κ2) is 6.18. The van der Waals surface area contributed by atoms with Crippen LogP contribution in [0.4, 0.5) is 8.78 Å². The summed E-state index contributed by atoms with van der Waals surface area (Å²) in [5.41, 5.74) is 1.77. The lowest BCUT2D eigenvalue weighted by Crippen LogP contribution is -2.15. The van der Waals surface area contributed by atoms with Crippen LogP contribution in [0.3, 0.4) is 0 Å². The van der Waals surface area contributed by atoms with E-state index in [2.05, 4.69) is 10.3 Å². The van der Waals surface area contributed by atoms with Gasteiger partial charge in [-0.2, -0.15) is 0 Å². The monoisotopic (exact) mass is 290 g/mol. The Morgan fingerprint density at radius 2 is 2.05 bits per heavy atom. The maximum absolute atomic E-state index is 13.4. The topological polar surface area (TPSA) is 34.1 Å². The molecule has 1 aromatic heterocycles. The molecule has 0 bridgehead atoms. The number of benzene rings is 1. The Balaban J connectivity index is 1.55. The first-order valence-electron chi connectivity index (χ1n) is 6.96. The quantitative estimate of drug-likeness (QED) is 0.887. The van der Waals surface area contributed by atoms with Gasteiger partial charge in [0.2, 0.25) is 0 Å². The molecule has 0 aliphatic heterocycles. The SMILES string of the molecule is Fc1ccc(F)c(OCc2ccc(CNC3CC3)cn2)c1. The predicted molar refractivity (Wildman–Crippen MR) is 74.8 cm³/mol. The molecule has 2 aromatic rings. The Morgan fingerprint density at radius 3 is 2.76 bits per heavy atom. The highest BCUT2D eigenvalue weighted by Gasteiger charge is 2.19. The number of rotatable bonds is 6. The molecule has 1 heterocycles. The molecular weight excluding hydrogens is 274 g/mol. The van der Waals surface area contributed by atoms with Gasteiger partial charge in [0, 0.05) is 24.8 Å². The lowest BCUT2D eigenvalue weighted by Gasteiger charge is -2.08. The highest BCUT2D eigenvalue weighted by molar-refractivity contribution is 5.25. The molecule has 0 saturated heterocycles. The van der Waals surface area contributed by atoms with Gasteiger partial charge < -0.3 is 10.1 Å². The normalized spacial score (nSPS) is 14.2. The third-order valence-electron chi connectivity index (χ3n) is 3.33. The van der Waals surface area contributed by atoms with Crippen molar-refractivity contribution in [1.29, 1.82) is 0 Å². The summed E-state index contributed by atoms with van der Waals surface area (Å²) in [4.78, 5) is 4.26. The van der Waals surface area contributed by atoms with Gasteiger partial charge in [-0.05, 0) is 36.6 Å². The summed E-state index contributed by atoms with van der Waals surface area (Å²) in [6.45, 7) is 0.911. The van der Waals surface area contributed by atoms with E-state index < -0.39 is 11.6 Å². The van der Waals surface area contributed by atoms with E-state index >= 15 is 0 Å². The zero-order chi connectivity index (χ0) is 14.7. The van der Waals surface area contributed by atoms with Crippen LogP contribution in [0.15, 0.2) is 36.5 Å². The highest BCUT2D eigenvalue weighted by Crippen LogP contribution is 2.20. The smallest absolute Gasteiger partial charge is 0.165 e. The number of hydrogen-bond acceptors (Lipinski definition) is 3. The van der Waals surface area contributed by atoms with Gasteiger partial charge in [0.05, 0.1) is 5.69 Å². The molecule has 1 N–H and O–H groups in total. The molecule has 3 nitrogen and oxygen atoms in total. The minimum Gasteiger partial charge on any atom is -0.484 e. The summed E-state index contributed by atoms with van der Waals surface area (Å²) in [7, 11) is 0. The average molecular weight is 290 g/mol. The maximum Gasteiger partial charge on any atom is 0.165 e. The van der Waals surface area contributed by atoms with Crippen molar-refractivity contribution in [1.82, 2.24) is 10.3 Å². The number of nitrogens with zero attached hydrogens (tertiary/aromatic N) is 1. The maximum atomic E-state index is 13.4. The molecule has 0 unspecified atom stereocenters. The van der Waals surface area contributed by atoms with Crippen molar-refractivity contribution in [3.63, 3.8) is 0 Å². The van der Waals surface area contributed by atoms with Gasteiger partial charge in [0.15, 0.2) is 11.6 Å². The lowest BCUT2D eigenvalue weighted by atomic mass is 10.2. The molecule has 0 spiro atoms. The fourth-order valence-corrected chi connectivity index (χ4v) is 1.93. The molecule has 0 amide bonds. The van der Waals surface area contributed by atoms with Crippen molar-refractivity contribution in [3.05, 3.63) is 59.4 Å². The van der Waals surface area contributed by atoms with E-state index in [1.807, 2.05) is 12.1 Å². The third kappa shape index (κ3) is 3.98. The molecule has 21 heavy (non-hydrogen) atoms. The molecule has 0 radical (unpaired) electrons. The van der Waals surface area contributed by atoms with Crippen molar-refractivity contribution in [2.45, 2.75) is 32.0 Å². The first-order chi connectivity index (χ1) is 10.2. The second-order valence-corrected chi connectivity index (χ2v) is 5.18. The molecule has 110 valence electrons. The van der Waals surface area contributed by atoms with Crippen molar-refractivity contribution in [3.8, 4) is 5.75 Å². The van der Waals surface area contributed by atoms with Gasteiger partial charge >= 0.3 is 0 Å². The first kappa shape index (κ1) is 13.9. The van der Waals surface area contributed by atoms with Gasteiger partial charge in [0.1, 0.15) is 12.4 Å². The van der Waals surface area contributed by atoms with Crippen molar-refractivity contribution in [2.24, 2.45) is 0 Å². The number of hydrogen-bond donors (Lipinski definition) is 1. The molecule has 1 saturated carbocycles. The van der Waals surface area contributed by atoms with Crippen LogP contribution >= 0.6 is 0 Å². The number of ether oxygens (including phenoxy) is 1. The summed E-state index contributed by atoms with van der Waals surface area (Å²) < 4.78 is 31.7. The van der Waals surface area contributed by atoms with Crippen molar-refractivity contribution < 1.29 is 13.5 Å². The molecule has 1 aliphatic carbocycles. The highest BCUT2D eigenvalue weighted by atomic mass is 19.1. The average Bonchev–Trinajstić information content (AvgIpc) is 3.31. The Morgan fingerprint density at radius 1 is 1.19 bits per heavy atom. The standard InChI is InChI=1S/C16H16F2N2O/c17-12-2-6-15(18)16(7-12)21-10-14-3-1-11(9-20-14)8-19-13-4-5-13/h1-3,6-7,9,13,19H,4-5,8,10H2. The summed E-state index contributed by atoms with van der Waals surface area (Å²) >= 11 is 0. The Bertz CT molecular complexity index is 612. The molecule has 5 heteroatoms. The number of pyridine rings is 1. The summed E-state index contributed by atoms with van der Waals surface area (Å²) in [6, 6.07) is 7.59. The summed E-state index contributed by atoms with van der Waals surface area (Å²) in [5, 5.41) is 3.40. The fraction of sp³-hybridized carbons (Fsp3) is 0.312. The Kier molecular flexibility index (Phi) is 4.10. The van der Waals surface area contributed by atoms with Crippen molar-refractivity contribution >= 4 is 0 Å². The predicted octanol–water partition coefficient (Wildman–Crippen LogP) is 3.19. The van der Waals surface area contributed by atoms with E-state index in [0.29, 0.717) is 11.7 Å². The summed E-state index contributed by atoms with van der Waals surface area (Å²) in [5.74, 6) is -1.21. The zero-order valence-electron chi connectivity index (χ0n) is 11.5. The van der Waals surface area contributed by atoms with Crippen LogP contribution in [0, 0.1) is 11.6 Å². The minimum atomic E-state index is -0.582. The van der Waals surface area contributed by atoms with Crippen LogP contribution in [-0.2, 0) is 13.2 Å². The van der Waals surface area contributed by atoms with Crippen LogP contribution in [-0.4, -0.2) is 11.0 Å². The molecule has 0 atom stereocenters. The van der Waals surface area contributed by atoms with Crippen LogP contribution in [0.5, 0.6) is 5.75 Å². The Hall–Kier alpha value is -2.01. The van der Waals surface area contributed by atoms with Crippen molar-refractivity contribution in [2.75, 3.05) is 0 Å². The molecule has 1 aliphatic rings. The molecule has 3 rings (SSSR count). The summed E-state index contributed by atoms with van der Waals surface area (Å²) in [6.07, 6.45) is 4.27. The largest absolute Gasteiger partial charge is 0.484 e. The van der Waals surface area contributed by atoms with E-state index in [-0.39, 0.29) is 12.4 Å². The first-order valence-corrected chi connectivity index (χ1v) is 6.96. The molecular formula is C16H16F2N2O. The molecule has 1 fully saturated rings. The number of aromatic nitrogens is 1. The zero-order valence-corrected chi connectivity index (χ0v) is 11.5. The van der Waals surface area contributed by atoms with Crippen LogP contribution in [0.2, 0.25) is 0 Å². The Labute approximate surface area is 122 Å². The van der Waals surface area contributed by atoms with Gasteiger partial charge in [-0.3, -0.25) is 4.98 Å². The second-order valence-electron chi connectivity index (χ2n) is 5.18. The van der Waals surface area contributed by atoms with Crippen LogP contribution < -0.4 is 10.1 Å². The van der Waals surface area contributed by atoms with E-state index in [4.69, 9.17) is 4.74 Å². The van der Waals surface area contributed by atoms with E-state index in [1.165, 1.54) is 12.8 Å². The molecule has 1 aromatic carbocycles. The van der Waals surface area contributed by atoms with Crippen LogP contribution in [0.1, 0.15) is 24.1 Å². The minimum absolute atomic E-state index is 0.101. The van der Waals surface area contributed by atoms with Gasteiger partial charge in [-0.1, -0.05) is 6.07 Å². The lowest BCUT2D eigenvalue weighted by molar-refractivity contribution is 0.284.